The topological polar surface area (TPSA) is 79.0 Å². The molecule has 1 aromatic heterocycles. The number of hydrogen-bond acceptors (Lipinski definition) is 3. The van der Waals surface area contributed by atoms with Crippen LogP contribution in [-0.2, 0) is 10.8 Å². The SMILES string of the molecule is Cc1[nH]c(=O)c(C(=O)NC(C)CS(C)=O)cc1Br. The number of aryl methyl sites for hydroxylation is 1. The predicted octanol–water partition coefficient (Wildman–Crippen LogP) is 0.943. The largest absolute Gasteiger partial charge is 0.348 e. The van der Waals surface area contributed by atoms with Gasteiger partial charge >= 0.3 is 0 Å². The first kappa shape index (κ1) is 15.1. The van der Waals surface area contributed by atoms with Gasteiger partial charge in [-0.3, -0.25) is 13.8 Å². The van der Waals surface area contributed by atoms with Gasteiger partial charge in [-0.2, -0.15) is 0 Å². The summed E-state index contributed by atoms with van der Waals surface area (Å²) in [6, 6.07) is 1.24. The van der Waals surface area contributed by atoms with Crippen LogP contribution < -0.4 is 10.9 Å². The Morgan fingerprint density at radius 3 is 2.78 bits per heavy atom. The van der Waals surface area contributed by atoms with E-state index >= 15 is 0 Å². The number of halogens is 1. The molecule has 2 atom stereocenters. The first-order valence-corrected chi connectivity index (χ1v) is 7.83. The second-order valence-electron chi connectivity index (χ2n) is 4.10. The molecule has 0 aliphatic carbocycles. The molecule has 0 aliphatic rings. The number of aromatic nitrogens is 1. The van der Waals surface area contributed by atoms with Crippen LogP contribution in [0.4, 0.5) is 0 Å². The van der Waals surface area contributed by atoms with Crippen molar-refractivity contribution in [3.05, 3.63) is 32.2 Å². The smallest absolute Gasteiger partial charge is 0.261 e. The highest BCUT2D eigenvalue weighted by molar-refractivity contribution is 9.10. The molecule has 1 heterocycles. The van der Waals surface area contributed by atoms with Gasteiger partial charge in [0.15, 0.2) is 0 Å². The molecule has 2 N–H and O–H groups in total. The van der Waals surface area contributed by atoms with Crippen molar-refractivity contribution in [3.8, 4) is 0 Å². The van der Waals surface area contributed by atoms with Crippen molar-refractivity contribution in [2.24, 2.45) is 0 Å². The van der Waals surface area contributed by atoms with Crippen molar-refractivity contribution >= 4 is 32.6 Å². The van der Waals surface area contributed by atoms with Crippen LogP contribution in [0.2, 0.25) is 0 Å². The molecule has 0 saturated carbocycles. The number of carbonyl (C=O) groups excluding carboxylic acids is 1. The van der Waals surface area contributed by atoms with Crippen LogP contribution >= 0.6 is 15.9 Å². The van der Waals surface area contributed by atoms with Crippen molar-refractivity contribution in [3.63, 3.8) is 0 Å². The normalized spacial score (nSPS) is 14.0. The standard InChI is InChI=1S/C11H15BrN2O3S/c1-6(5-18(3)17)13-10(15)8-4-9(12)7(2)14-11(8)16/h4,6H,5H2,1-3H3,(H,13,15)(H,14,16). The molecule has 7 heteroatoms. The molecule has 18 heavy (non-hydrogen) atoms. The van der Waals surface area contributed by atoms with E-state index in [-0.39, 0.29) is 11.6 Å². The van der Waals surface area contributed by atoms with Crippen LogP contribution in [0.1, 0.15) is 23.0 Å². The fraction of sp³-hybridized carbons (Fsp3) is 0.455. The summed E-state index contributed by atoms with van der Waals surface area (Å²) in [7, 11) is -0.992. The van der Waals surface area contributed by atoms with E-state index in [0.29, 0.717) is 15.9 Å². The summed E-state index contributed by atoms with van der Waals surface area (Å²) in [6.07, 6.45) is 1.57. The molecule has 5 nitrogen and oxygen atoms in total. The summed E-state index contributed by atoms with van der Waals surface area (Å²) in [5.41, 5.74) is 0.276. The van der Waals surface area contributed by atoms with E-state index in [1.807, 2.05) is 0 Å². The van der Waals surface area contributed by atoms with Gasteiger partial charge < -0.3 is 10.3 Å². The van der Waals surface area contributed by atoms with Crippen LogP contribution in [-0.4, -0.2) is 33.2 Å². The lowest BCUT2D eigenvalue weighted by Crippen LogP contribution is -2.38. The Labute approximate surface area is 116 Å². The summed E-state index contributed by atoms with van der Waals surface area (Å²) in [6.45, 7) is 3.48. The van der Waals surface area contributed by atoms with Gasteiger partial charge in [0.05, 0.1) is 0 Å². The van der Waals surface area contributed by atoms with Crippen LogP contribution in [0, 0.1) is 6.92 Å². The lowest BCUT2D eigenvalue weighted by Gasteiger charge is -2.12. The van der Waals surface area contributed by atoms with Crippen molar-refractivity contribution in [2.45, 2.75) is 19.9 Å². The van der Waals surface area contributed by atoms with E-state index in [9.17, 15) is 13.8 Å². The van der Waals surface area contributed by atoms with Gasteiger partial charge in [-0.25, -0.2) is 0 Å². The molecule has 1 amide bonds. The minimum absolute atomic E-state index is 0.0428. The number of pyridine rings is 1. The number of H-pyrrole nitrogens is 1. The number of hydrogen-bond donors (Lipinski definition) is 2. The molecule has 0 aromatic carbocycles. The molecule has 1 aromatic rings. The Bertz CT molecular complexity index is 542. The van der Waals surface area contributed by atoms with Crippen molar-refractivity contribution < 1.29 is 9.00 Å². The van der Waals surface area contributed by atoms with Crippen LogP contribution in [0.25, 0.3) is 0 Å². The number of nitrogens with one attached hydrogen (secondary N) is 2. The summed E-state index contributed by atoms with van der Waals surface area (Å²) < 4.78 is 11.7. The fourth-order valence-corrected chi connectivity index (χ4v) is 2.58. The first-order chi connectivity index (χ1) is 8.31. The summed E-state index contributed by atoms with van der Waals surface area (Å²) in [5, 5.41) is 2.64. The molecule has 0 bridgehead atoms. The highest BCUT2D eigenvalue weighted by Gasteiger charge is 2.15. The number of amides is 1. The lowest BCUT2D eigenvalue weighted by atomic mass is 10.2. The minimum Gasteiger partial charge on any atom is -0.348 e. The van der Waals surface area contributed by atoms with Crippen LogP contribution in [0.3, 0.4) is 0 Å². The van der Waals surface area contributed by atoms with Crippen molar-refractivity contribution in [1.82, 2.24) is 10.3 Å². The zero-order valence-electron chi connectivity index (χ0n) is 10.4. The lowest BCUT2D eigenvalue weighted by molar-refractivity contribution is 0.0942. The third-order valence-electron chi connectivity index (χ3n) is 2.28. The maximum Gasteiger partial charge on any atom is 0.261 e. The molecule has 0 fully saturated rings. The van der Waals surface area contributed by atoms with Gasteiger partial charge in [0.2, 0.25) is 0 Å². The molecule has 2 unspecified atom stereocenters. The van der Waals surface area contributed by atoms with E-state index in [1.165, 1.54) is 6.07 Å². The Morgan fingerprint density at radius 2 is 2.22 bits per heavy atom. The molecule has 1 rings (SSSR count). The zero-order chi connectivity index (χ0) is 13.9. The van der Waals surface area contributed by atoms with E-state index in [4.69, 9.17) is 0 Å². The Morgan fingerprint density at radius 1 is 1.61 bits per heavy atom. The third-order valence-corrected chi connectivity index (χ3v) is 4.07. The van der Waals surface area contributed by atoms with Crippen molar-refractivity contribution in [1.29, 1.82) is 0 Å². The summed E-state index contributed by atoms with van der Waals surface area (Å²) in [5.74, 6) is -0.105. The minimum atomic E-state index is -0.992. The van der Waals surface area contributed by atoms with Gasteiger partial charge in [0, 0.05) is 39.0 Å². The molecule has 0 radical (unpaired) electrons. The van der Waals surface area contributed by atoms with E-state index in [1.54, 1.807) is 20.1 Å². The first-order valence-electron chi connectivity index (χ1n) is 5.31. The Hall–Kier alpha value is -0.950. The molecule has 100 valence electrons. The van der Waals surface area contributed by atoms with Gasteiger partial charge in [0.1, 0.15) is 5.56 Å². The van der Waals surface area contributed by atoms with Crippen LogP contribution in [0.5, 0.6) is 0 Å². The zero-order valence-corrected chi connectivity index (χ0v) is 12.8. The predicted molar refractivity (Wildman–Crippen MR) is 75.4 cm³/mol. The van der Waals surface area contributed by atoms with Crippen molar-refractivity contribution in [2.75, 3.05) is 12.0 Å². The molecule has 0 saturated heterocycles. The van der Waals surface area contributed by atoms with Gasteiger partial charge in [-0.05, 0) is 35.8 Å². The van der Waals surface area contributed by atoms with E-state index in [0.717, 1.165) is 0 Å². The average Bonchev–Trinajstić information content (AvgIpc) is 2.21. The van der Waals surface area contributed by atoms with Crippen LogP contribution in [0.15, 0.2) is 15.3 Å². The second kappa shape index (κ2) is 6.29. The van der Waals surface area contributed by atoms with E-state index < -0.39 is 22.3 Å². The van der Waals surface area contributed by atoms with Gasteiger partial charge in [0.25, 0.3) is 11.5 Å². The number of rotatable bonds is 4. The number of aromatic amines is 1. The second-order valence-corrected chi connectivity index (χ2v) is 6.43. The monoisotopic (exact) mass is 334 g/mol. The van der Waals surface area contributed by atoms with E-state index in [2.05, 4.69) is 26.2 Å². The Balaban J connectivity index is 2.88. The summed E-state index contributed by atoms with van der Waals surface area (Å²) in [4.78, 5) is 26.1. The maximum atomic E-state index is 11.9. The molecule has 0 spiro atoms. The fourth-order valence-electron chi connectivity index (χ4n) is 1.46. The average molecular weight is 335 g/mol. The molecular weight excluding hydrogens is 320 g/mol. The maximum absolute atomic E-state index is 11.9. The highest BCUT2D eigenvalue weighted by Crippen LogP contribution is 2.12. The highest BCUT2D eigenvalue weighted by atomic mass is 79.9. The van der Waals surface area contributed by atoms with Gasteiger partial charge in [-0.15, -0.1) is 0 Å². The molecule has 0 aliphatic heterocycles. The third kappa shape index (κ3) is 4.06. The number of carbonyl (C=O) groups is 1. The quantitative estimate of drug-likeness (QED) is 0.860. The van der Waals surface area contributed by atoms with Gasteiger partial charge in [-0.1, -0.05) is 0 Å². The Kier molecular flexibility index (Phi) is 5.28. The summed E-state index contributed by atoms with van der Waals surface area (Å²) >= 11 is 3.26. The molecular formula is C11H15BrN2O3S.